The normalized spacial score (nSPS) is 10.2. The molecule has 21 heavy (non-hydrogen) atoms. The van der Waals surface area contributed by atoms with Gasteiger partial charge >= 0.3 is 0 Å². The molecule has 0 spiro atoms. The smallest absolute Gasteiger partial charge is 0.130 e. The summed E-state index contributed by atoms with van der Waals surface area (Å²) in [6.45, 7) is 0.668. The van der Waals surface area contributed by atoms with Crippen molar-refractivity contribution in [3.05, 3.63) is 64.7 Å². The third-order valence-corrected chi connectivity index (χ3v) is 3.06. The van der Waals surface area contributed by atoms with Crippen LogP contribution in [0.2, 0.25) is 0 Å². The maximum Gasteiger partial charge on any atom is 0.130 e. The van der Waals surface area contributed by atoms with Crippen LogP contribution in [-0.2, 0) is 13.1 Å². The molecular weight excluding hydrogens is 274 g/mol. The van der Waals surface area contributed by atoms with Crippen molar-refractivity contribution in [2.24, 2.45) is 0 Å². The second-order valence-electron chi connectivity index (χ2n) is 4.48. The molecule has 0 saturated heterocycles. The van der Waals surface area contributed by atoms with Gasteiger partial charge in [-0.05, 0) is 24.3 Å². The molecule has 0 aliphatic carbocycles. The van der Waals surface area contributed by atoms with Crippen LogP contribution in [0.15, 0.2) is 36.4 Å². The van der Waals surface area contributed by atoms with Crippen molar-refractivity contribution in [1.82, 2.24) is 5.32 Å². The van der Waals surface area contributed by atoms with E-state index in [2.05, 4.69) is 11.4 Å². The lowest BCUT2D eigenvalue weighted by Gasteiger charge is -2.10. The van der Waals surface area contributed by atoms with E-state index in [-0.39, 0.29) is 6.54 Å². The van der Waals surface area contributed by atoms with E-state index in [1.165, 1.54) is 12.1 Å². The molecule has 0 atom stereocenters. The van der Waals surface area contributed by atoms with Gasteiger partial charge in [0.25, 0.3) is 0 Å². The van der Waals surface area contributed by atoms with E-state index < -0.39 is 11.6 Å². The summed E-state index contributed by atoms with van der Waals surface area (Å²) in [6, 6.07) is 10.6. The van der Waals surface area contributed by atoms with Gasteiger partial charge in [-0.3, -0.25) is 0 Å². The number of nitriles is 1. The third kappa shape index (κ3) is 3.77. The first-order valence-electron chi connectivity index (χ1n) is 6.35. The van der Waals surface area contributed by atoms with Crippen molar-refractivity contribution in [2.75, 3.05) is 7.11 Å². The second kappa shape index (κ2) is 6.82. The number of nitrogens with one attached hydrogen (secondary N) is 1. The van der Waals surface area contributed by atoms with Crippen LogP contribution in [0, 0.1) is 23.0 Å². The third-order valence-electron chi connectivity index (χ3n) is 3.06. The lowest BCUT2D eigenvalue weighted by Crippen LogP contribution is -2.14. The first kappa shape index (κ1) is 14.9. The largest absolute Gasteiger partial charge is 0.496 e. The van der Waals surface area contributed by atoms with Gasteiger partial charge in [0.05, 0.1) is 18.7 Å². The number of ether oxygens (including phenoxy) is 1. The van der Waals surface area contributed by atoms with Crippen LogP contribution < -0.4 is 10.1 Å². The predicted octanol–water partition coefficient (Wildman–Crippen LogP) is 3.13. The molecule has 2 aromatic rings. The minimum atomic E-state index is -0.598. The summed E-state index contributed by atoms with van der Waals surface area (Å²) in [5.41, 5.74) is 1.71. The molecule has 1 N–H and O–H groups in total. The Kier molecular flexibility index (Phi) is 4.85. The highest BCUT2D eigenvalue weighted by molar-refractivity contribution is 5.42. The number of halogens is 2. The van der Waals surface area contributed by atoms with Gasteiger partial charge in [0.15, 0.2) is 0 Å². The van der Waals surface area contributed by atoms with Gasteiger partial charge < -0.3 is 10.1 Å². The Morgan fingerprint density at radius 2 is 1.86 bits per heavy atom. The molecule has 0 radical (unpaired) electrons. The van der Waals surface area contributed by atoms with E-state index in [9.17, 15) is 8.78 Å². The summed E-state index contributed by atoms with van der Waals surface area (Å²) in [6.07, 6.45) is 0. The molecule has 3 nitrogen and oxygen atoms in total. The van der Waals surface area contributed by atoms with E-state index in [4.69, 9.17) is 10.00 Å². The topological polar surface area (TPSA) is 45.0 Å². The molecule has 0 unspecified atom stereocenters. The Bertz CT molecular complexity index is 680. The number of rotatable bonds is 5. The molecule has 2 rings (SSSR count). The van der Waals surface area contributed by atoms with E-state index >= 15 is 0 Å². The minimum absolute atomic E-state index is 0.256. The highest BCUT2D eigenvalue weighted by Crippen LogP contribution is 2.19. The Labute approximate surface area is 121 Å². The fraction of sp³-hybridized carbons (Fsp3) is 0.188. The molecule has 5 heteroatoms. The monoisotopic (exact) mass is 288 g/mol. The number of benzene rings is 2. The maximum absolute atomic E-state index is 13.5. The van der Waals surface area contributed by atoms with Crippen molar-refractivity contribution >= 4 is 0 Å². The number of hydrogen-bond acceptors (Lipinski definition) is 3. The van der Waals surface area contributed by atoms with Crippen molar-refractivity contribution in [2.45, 2.75) is 13.1 Å². The Morgan fingerprint density at radius 3 is 2.52 bits per heavy atom. The fourth-order valence-corrected chi connectivity index (χ4v) is 1.98. The Morgan fingerprint density at radius 1 is 1.10 bits per heavy atom. The van der Waals surface area contributed by atoms with E-state index in [0.29, 0.717) is 23.4 Å². The maximum atomic E-state index is 13.5. The number of methoxy groups -OCH3 is 1. The highest BCUT2D eigenvalue weighted by Gasteiger charge is 2.06. The quantitative estimate of drug-likeness (QED) is 0.919. The van der Waals surface area contributed by atoms with Crippen molar-refractivity contribution in [3.63, 3.8) is 0 Å². The molecule has 0 bridgehead atoms. The molecular formula is C16H14F2N2O. The molecule has 0 aliphatic heterocycles. The lowest BCUT2D eigenvalue weighted by atomic mass is 10.1. The van der Waals surface area contributed by atoms with Crippen LogP contribution in [0.3, 0.4) is 0 Å². The molecule has 2 aromatic carbocycles. The van der Waals surface area contributed by atoms with E-state index in [0.717, 1.165) is 11.6 Å². The zero-order chi connectivity index (χ0) is 15.2. The van der Waals surface area contributed by atoms with Crippen molar-refractivity contribution in [1.29, 1.82) is 5.26 Å². The van der Waals surface area contributed by atoms with Crippen molar-refractivity contribution < 1.29 is 13.5 Å². The van der Waals surface area contributed by atoms with Crippen LogP contribution in [0.4, 0.5) is 8.78 Å². The molecule has 108 valence electrons. The summed E-state index contributed by atoms with van der Waals surface area (Å²) in [5, 5.41) is 11.9. The summed E-state index contributed by atoms with van der Waals surface area (Å²) >= 11 is 0. The van der Waals surface area contributed by atoms with E-state index in [1.54, 1.807) is 25.3 Å². The van der Waals surface area contributed by atoms with Crippen molar-refractivity contribution in [3.8, 4) is 11.8 Å². The highest BCUT2D eigenvalue weighted by atomic mass is 19.1. The first-order valence-corrected chi connectivity index (χ1v) is 6.35. The van der Waals surface area contributed by atoms with Gasteiger partial charge in [0.2, 0.25) is 0 Å². The van der Waals surface area contributed by atoms with Crippen LogP contribution >= 0.6 is 0 Å². The first-order chi connectivity index (χ1) is 10.1. The van der Waals surface area contributed by atoms with Gasteiger partial charge in [-0.1, -0.05) is 6.07 Å². The summed E-state index contributed by atoms with van der Waals surface area (Å²) < 4.78 is 31.5. The minimum Gasteiger partial charge on any atom is -0.496 e. The Hall–Kier alpha value is -2.45. The zero-order valence-electron chi connectivity index (χ0n) is 11.5. The molecule has 0 heterocycles. The zero-order valence-corrected chi connectivity index (χ0v) is 11.5. The standard InChI is InChI=1S/C16H14F2N2O/c1-21-16-5-2-11(8-19)6-13(16)10-20-9-12-3-4-14(17)7-15(12)18/h2-7,20H,9-10H2,1H3. The van der Waals surface area contributed by atoms with Gasteiger partial charge in [-0.25, -0.2) is 8.78 Å². The molecule has 0 fully saturated rings. The molecule has 0 aliphatic rings. The van der Waals surface area contributed by atoms with Gasteiger partial charge in [0.1, 0.15) is 17.4 Å². The van der Waals surface area contributed by atoms with Crippen LogP contribution in [0.25, 0.3) is 0 Å². The molecule has 0 saturated carbocycles. The fourth-order valence-electron chi connectivity index (χ4n) is 1.98. The molecule has 0 amide bonds. The van der Waals surface area contributed by atoms with Crippen LogP contribution in [0.1, 0.15) is 16.7 Å². The Balaban J connectivity index is 2.04. The number of nitrogens with zero attached hydrogens (tertiary/aromatic N) is 1. The van der Waals surface area contributed by atoms with Gasteiger partial charge in [0, 0.05) is 30.3 Å². The van der Waals surface area contributed by atoms with Crippen LogP contribution in [0.5, 0.6) is 5.75 Å². The number of hydrogen-bond donors (Lipinski definition) is 1. The lowest BCUT2D eigenvalue weighted by molar-refractivity contribution is 0.407. The average molecular weight is 288 g/mol. The summed E-state index contributed by atoms with van der Waals surface area (Å²) in [4.78, 5) is 0. The summed E-state index contributed by atoms with van der Waals surface area (Å²) in [7, 11) is 1.55. The van der Waals surface area contributed by atoms with Gasteiger partial charge in [-0.2, -0.15) is 5.26 Å². The second-order valence-corrected chi connectivity index (χ2v) is 4.48. The summed E-state index contributed by atoms with van der Waals surface area (Å²) in [5.74, 6) is -0.527. The molecule has 0 aromatic heterocycles. The predicted molar refractivity (Wildman–Crippen MR) is 74.6 cm³/mol. The van der Waals surface area contributed by atoms with Crippen LogP contribution in [-0.4, -0.2) is 7.11 Å². The van der Waals surface area contributed by atoms with E-state index in [1.807, 2.05) is 0 Å². The average Bonchev–Trinajstić information content (AvgIpc) is 2.49. The van der Waals surface area contributed by atoms with Gasteiger partial charge in [-0.15, -0.1) is 0 Å². The SMILES string of the molecule is COc1ccc(C#N)cc1CNCc1ccc(F)cc1F.